The predicted molar refractivity (Wildman–Crippen MR) is 124 cm³/mol. The molecule has 0 unspecified atom stereocenters. The zero-order valence-corrected chi connectivity index (χ0v) is 17.5. The number of phenols is 1. The molecule has 0 aliphatic rings. The van der Waals surface area contributed by atoms with Gasteiger partial charge in [0.25, 0.3) is 5.91 Å². The molecule has 4 aromatic carbocycles. The van der Waals surface area contributed by atoms with Crippen molar-refractivity contribution in [2.24, 2.45) is 5.10 Å². The molecule has 1 amide bonds. The third-order valence-electron chi connectivity index (χ3n) is 4.91. The lowest BCUT2D eigenvalue weighted by Gasteiger charge is -2.11. The third-order valence-corrected chi connectivity index (χ3v) is 4.91. The van der Waals surface area contributed by atoms with Crippen molar-refractivity contribution < 1.29 is 19.4 Å². The number of hydrogen-bond acceptors (Lipinski definition) is 5. The third kappa shape index (κ3) is 4.87. The first-order valence-electron chi connectivity index (χ1n) is 10.0. The van der Waals surface area contributed by atoms with Gasteiger partial charge in [0.1, 0.15) is 12.4 Å². The second kappa shape index (κ2) is 9.66. The van der Waals surface area contributed by atoms with Crippen molar-refractivity contribution in [2.75, 3.05) is 7.11 Å². The fourth-order valence-electron chi connectivity index (χ4n) is 3.26. The van der Waals surface area contributed by atoms with Gasteiger partial charge in [0, 0.05) is 0 Å². The summed E-state index contributed by atoms with van der Waals surface area (Å²) in [4.78, 5) is 12.5. The summed E-state index contributed by atoms with van der Waals surface area (Å²) in [5.41, 5.74) is 4.37. The molecule has 0 radical (unpaired) electrons. The number of hydrogen-bond donors (Lipinski definition) is 2. The summed E-state index contributed by atoms with van der Waals surface area (Å²) < 4.78 is 11.3. The Bertz CT molecular complexity index is 1270. The highest BCUT2D eigenvalue weighted by atomic mass is 16.5. The van der Waals surface area contributed by atoms with E-state index in [-0.39, 0.29) is 11.3 Å². The van der Waals surface area contributed by atoms with E-state index >= 15 is 0 Å². The van der Waals surface area contributed by atoms with Crippen molar-refractivity contribution in [3.8, 4) is 17.2 Å². The lowest BCUT2D eigenvalue weighted by Crippen LogP contribution is -2.17. The number of hydrazone groups is 1. The van der Waals surface area contributed by atoms with Gasteiger partial charge < -0.3 is 14.6 Å². The van der Waals surface area contributed by atoms with Gasteiger partial charge in [-0.15, -0.1) is 0 Å². The van der Waals surface area contributed by atoms with E-state index in [1.165, 1.54) is 6.21 Å². The van der Waals surface area contributed by atoms with Gasteiger partial charge in [-0.05, 0) is 52.2 Å². The molecule has 32 heavy (non-hydrogen) atoms. The summed E-state index contributed by atoms with van der Waals surface area (Å²) in [6, 6.07) is 25.9. The van der Waals surface area contributed by atoms with Crippen LogP contribution in [0.25, 0.3) is 10.8 Å². The van der Waals surface area contributed by atoms with Crippen LogP contribution in [0.1, 0.15) is 21.5 Å². The van der Waals surface area contributed by atoms with Crippen LogP contribution in [0.2, 0.25) is 0 Å². The minimum atomic E-state index is -0.501. The maximum absolute atomic E-state index is 12.5. The number of fused-ring (bicyclic) bond motifs is 1. The van der Waals surface area contributed by atoms with Gasteiger partial charge in [-0.1, -0.05) is 54.6 Å². The van der Waals surface area contributed by atoms with E-state index in [2.05, 4.69) is 10.5 Å². The van der Waals surface area contributed by atoms with Crippen molar-refractivity contribution in [3.63, 3.8) is 0 Å². The average Bonchev–Trinajstić information content (AvgIpc) is 2.83. The smallest absolute Gasteiger partial charge is 0.275 e. The van der Waals surface area contributed by atoms with Crippen molar-refractivity contribution in [1.29, 1.82) is 0 Å². The van der Waals surface area contributed by atoms with Gasteiger partial charge in [0.2, 0.25) is 0 Å². The van der Waals surface area contributed by atoms with Gasteiger partial charge >= 0.3 is 0 Å². The highest BCUT2D eigenvalue weighted by molar-refractivity contribution is 6.01. The number of ether oxygens (including phenoxy) is 2. The molecule has 6 heteroatoms. The van der Waals surface area contributed by atoms with Crippen molar-refractivity contribution in [1.82, 2.24) is 5.43 Å². The van der Waals surface area contributed by atoms with Gasteiger partial charge in [-0.2, -0.15) is 5.10 Å². The summed E-state index contributed by atoms with van der Waals surface area (Å²) in [5.74, 6) is 0.568. The van der Waals surface area contributed by atoms with E-state index in [4.69, 9.17) is 9.47 Å². The highest BCUT2D eigenvalue weighted by Gasteiger charge is 2.12. The Labute approximate surface area is 185 Å². The van der Waals surface area contributed by atoms with Crippen LogP contribution in [-0.2, 0) is 6.61 Å². The van der Waals surface area contributed by atoms with Gasteiger partial charge in [0.05, 0.1) is 18.9 Å². The van der Waals surface area contributed by atoms with Crippen LogP contribution in [0.15, 0.2) is 90.0 Å². The van der Waals surface area contributed by atoms with E-state index in [1.54, 1.807) is 37.4 Å². The van der Waals surface area contributed by atoms with E-state index in [1.807, 2.05) is 54.6 Å². The molecule has 4 rings (SSSR count). The molecule has 6 nitrogen and oxygen atoms in total. The summed E-state index contributed by atoms with van der Waals surface area (Å²) in [6.07, 6.45) is 1.50. The molecule has 4 aromatic rings. The molecule has 0 heterocycles. The van der Waals surface area contributed by atoms with E-state index in [0.29, 0.717) is 18.1 Å². The maximum Gasteiger partial charge on any atom is 0.275 e. The molecule has 0 spiro atoms. The average molecular weight is 426 g/mol. The SMILES string of the molecule is COc1ccc(C=NNC(=O)c2cc3ccccc3cc2O)cc1OCc1ccccc1. The normalized spacial score (nSPS) is 10.9. The predicted octanol–water partition coefficient (Wildman–Crippen LogP) is 4.90. The molecule has 0 aliphatic carbocycles. The van der Waals surface area contributed by atoms with Crippen LogP contribution in [0.4, 0.5) is 0 Å². The molecule has 0 bridgehead atoms. The second-order valence-electron chi connectivity index (χ2n) is 7.10. The number of nitrogens with zero attached hydrogens (tertiary/aromatic N) is 1. The molecule has 0 aromatic heterocycles. The molecular formula is C26H22N2O4. The number of carbonyl (C=O) groups is 1. The molecule has 2 N–H and O–H groups in total. The first-order valence-corrected chi connectivity index (χ1v) is 10.0. The molecule has 0 saturated heterocycles. The lowest BCUT2D eigenvalue weighted by molar-refractivity contribution is 0.0952. The minimum absolute atomic E-state index is 0.0996. The number of amides is 1. The number of aromatic hydroxyl groups is 1. The Morgan fingerprint density at radius 3 is 2.41 bits per heavy atom. The summed E-state index contributed by atoms with van der Waals surface area (Å²) in [7, 11) is 1.58. The zero-order chi connectivity index (χ0) is 22.3. The monoisotopic (exact) mass is 426 g/mol. The first-order chi connectivity index (χ1) is 15.6. The fraction of sp³-hybridized carbons (Fsp3) is 0.0769. The molecular weight excluding hydrogens is 404 g/mol. The largest absolute Gasteiger partial charge is 0.507 e. The number of nitrogens with one attached hydrogen (secondary N) is 1. The van der Waals surface area contributed by atoms with Crippen LogP contribution in [0.5, 0.6) is 17.2 Å². The minimum Gasteiger partial charge on any atom is -0.507 e. The Morgan fingerprint density at radius 1 is 0.938 bits per heavy atom. The Kier molecular flexibility index (Phi) is 6.32. The summed E-state index contributed by atoms with van der Waals surface area (Å²) in [5, 5.41) is 15.9. The van der Waals surface area contributed by atoms with Crippen LogP contribution in [0, 0.1) is 0 Å². The number of rotatable bonds is 7. The maximum atomic E-state index is 12.5. The Hall–Kier alpha value is -4.32. The van der Waals surface area contributed by atoms with Crippen LogP contribution in [-0.4, -0.2) is 24.3 Å². The van der Waals surface area contributed by atoms with Crippen molar-refractivity contribution in [2.45, 2.75) is 6.61 Å². The fourth-order valence-corrected chi connectivity index (χ4v) is 3.26. The second-order valence-corrected chi connectivity index (χ2v) is 7.10. The Morgan fingerprint density at radius 2 is 1.66 bits per heavy atom. The molecule has 160 valence electrons. The molecule has 0 atom stereocenters. The van der Waals surface area contributed by atoms with Crippen LogP contribution in [0.3, 0.4) is 0 Å². The molecule has 0 saturated carbocycles. The van der Waals surface area contributed by atoms with Gasteiger partial charge in [-0.25, -0.2) is 5.43 Å². The number of carbonyl (C=O) groups excluding carboxylic acids is 1. The molecule has 0 fully saturated rings. The topological polar surface area (TPSA) is 80.2 Å². The number of methoxy groups -OCH3 is 1. The first kappa shape index (κ1) is 20.9. The van der Waals surface area contributed by atoms with Crippen LogP contribution < -0.4 is 14.9 Å². The standard InChI is InChI=1S/C26H22N2O4/c1-31-24-12-11-19(13-25(24)32-17-18-7-3-2-4-8-18)16-27-28-26(30)22-14-20-9-5-6-10-21(20)15-23(22)29/h2-16,29H,17H2,1H3,(H,28,30). The van der Waals surface area contributed by atoms with Crippen molar-refractivity contribution >= 4 is 22.9 Å². The Balaban J connectivity index is 1.46. The number of phenolic OH excluding ortho intramolecular Hbond substituents is 1. The quantitative estimate of drug-likeness (QED) is 0.325. The summed E-state index contributed by atoms with van der Waals surface area (Å²) >= 11 is 0. The van der Waals surface area contributed by atoms with Crippen molar-refractivity contribution in [3.05, 3.63) is 102 Å². The zero-order valence-electron chi connectivity index (χ0n) is 17.5. The number of benzene rings is 4. The van der Waals surface area contributed by atoms with E-state index in [9.17, 15) is 9.90 Å². The van der Waals surface area contributed by atoms with Gasteiger partial charge in [-0.3, -0.25) is 4.79 Å². The van der Waals surface area contributed by atoms with E-state index < -0.39 is 5.91 Å². The lowest BCUT2D eigenvalue weighted by atomic mass is 10.1. The molecule has 0 aliphatic heterocycles. The highest BCUT2D eigenvalue weighted by Crippen LogP contribution is 2.28. The van der Waals surface area contributed by atoms with Crippen LogP contribution >= 0.6 is 0 Å². The summed E-state index contributed by atoms with van der Waals surface area (Å²) in [6.45, 7) is 0.399. The van der Waals surface area contributed by atoms with Gasteiger partial charge in [0.15, 0.2) is 11.5 Å². The van der Waals surface area contributed by atoms with E-state index in [0.717, 1.165) is 21.9 Å².